The average Bonchev–Trinajstić information content (AvgIpc) is 3.26. The summed E-state index contributed by atoms with van der Waals surface area (Å²) in [5.41, 5.74) is 13.3. The molecule has 4 aromatic carbocycles. The zero-order valence-corrected chi connectivity index (χ0v) is 24.8. The fourth-order valence-electron chi connectivity index (χ4n) is 6.30. The van der Waals surface area contributed by atoms with Crippen molar-refractivity contribution in [1.82, 2.24) is 0 Å². The minimum atomic E-state index is 0.0872. The molecular weight excluding hydrogens is 491 g/mol. The molecule has 0 amide bonds. The Balaban J connectivity index is 1.54. The molecule has 0 bridgehead atoms. The van der Waals surface area contributed by atoms with E-state index in [0.717, 1.165) is 0 Å². The highest BCUT2D eigenvalue weighted by molar-refractivity contribution is 7.33. The average molecular weight is 527 g/mol. The molecule has 5 aromatic rings. The number of aryl methyl sites for hydroxylation is 1. The predicted molar refractivity (Wildman–Crippen MR) is 173 cm³/mol. The number of fused-ring (bicyclic) bond motifs is 6. The van der Waals surface area contributed by atoms with E-state index >= 15 is 0 Å². The maximum Gasteiger partial charge on any atom is 0.264 e. The van der Waals surface area contributed by atoms with E-state index in [-0.39, 0.29) is 17.5 Å². The van der Waals surface area contributed by atoms with Crippen molar-refractivity contribution in [3.05, 3.63) is 95.6 Å². The quantitative estimate of drug-likeness (QED) is 0.217. The fraction of sp³-hybridized carbons (Fsp3) is 0.257. The number of nitrogens with one attached hydrogen (secondary N) is 1. The number of thiophene rings is 1. The van der Waals surface area contributed by atoms with Crippen LogP contribution in [0.5, 0.6) is 0 Å². The first kappa shape index (κ1) is 24.5. The van der Waals surface area contributed by atoms with Gasteiger partial charge in [-0.05, 0) is 81.8 Å². The monoisotopic (exact) mass is 526 g/mol. The molecule has 0 radical (unpaired) electrons. The molecule has 194 valence electrons. The summed E-state index contributed by atoms with van der Waals surface area (Å²) in [7, 11) is 0. The standard InChI is InChI=1S/C35H35BN2S/c1-21-18-28-31-29(19-21)38(24-15-12-22(13-16-24)34(2,3)4)32-25-10-8-9-11-30(25)39-33(32)36(31)26-20-23(35(5,6)7)14-17-27(26)37-28/h8-20,37H,1-7H3. The predicted octanol–water partition coefficient (Wildman–Crippen LogP) is 8.16. The van der Waals surface area contributed by atoms with Crippen LogP contribution in [0.25, 0.3) is 10.1 Å². The van der Waals surface area contributed by atoms with Crippen LogP contribution in [-0.4, -0.2) is 6.71 Å². The molecule has 2 aliphatic rings. The third kappa shape index (κ3) is 3.76. The van der Waals surface area contributed by atoms with Crippen molar-refractivity contribution in [3.63, 3.8) is 0 Å². The summed E-state index contributed by atoms with van der Waals surface area (Å²) >= 11 is 1.96. The molecule has 0 unspecified atom stereocenters. The molecule has 4 heteroatoms. The van der Waals surface area contributed by atoms with Crippen LogP contribution < -0.4 is 25.9 Å². The van der Waals surface area contributed by atoms with E-state index in [1.165, 1.54) is 70.9 Å². The molecule has 0 aliphatic carbocycles. The second-order valence-corrected chi connectivity index (χ2v) is 14.4. The summed E-state index contributed by atoms with van der Waals surface area (Å²) in [6, 6.07) is 29.9. The van der Waals surface area contributed by atoms with Gasteiger partial charge in [0.2, 0.25) is 0 Å². The number of hydrogen-bond acceptors (Lipinski definition) is 3. The molecule has 0 saturated carbocycles. The maximum atomic E-state index is 3.84. The van der Waals surface area contributed by atoms with Gasteiger partial charge in [0.15, 0.2) is 0 Å². The van der Waals surface area contributed by atoms with Crippen LogP contribution in [0.4, 0.5) is 28.4 Å². The van der Waals surface area contributed by atoms with Crippen LogP contribution in [0, 0.1) is 6.92 Å². The molecule has 2 nitrogen and oxygen atoms in total. The van der Waals surface area contributed by atoms with E-state index in [9.17, 15) is 0 Å². The van der Waals surface area contributed by atoms with E-state index in [1.807, 2.05) is 11.3 Å². The first-order valence-corrected chi connectivity index (χ1v) is 14.8. The van der Waals surface area contributed by atoms with Gasteiger partial charge in [0.25, 0.3) is 6.71 Å². The molecule has 39 heavy (non-hydrogen) atoms. The minimum Gasteiger partial charge on any atom is -0.356 e. The van der Waals surface area contributed by atoms with Gasteiger partial charge in [0.05, 0.1) is 5.69 Å². The topological polar surface area (TPSA) is 15.3 Å². The fourth-order valence-corrected chi connectivity index (χ4v) is 7.62. The van der Waals surface area contributed by atoms with E-state index in [1.54, 1.807) is 0 Å². The second kappa shape index (κ2) is 8.25. The summed E-state index contributed by atoms with van der Waals surface area (Å²) in [6.45, 7) is 16.2. The van der Waals surface area contributed by atoms with Gasteiger partial charge in [0, 0.05) is 37.6 Å². The molecule has 0 spiro atoms. The van der Waals surface area contributed by atoms with Gasteiger partial charge in [-0.15, -0.1) is 11.3 Å². The Morgan fingerprint density at radius 3 is 2.15 bits per heavy atom. The second-order valence-electron chi connectivity index (χ2n) is 13.3. The van der Waals surface area contributed by atoms with E-state index < -0.39 is 0 Å². The zero-order valence-electron chi connectivity index (χ0n) is 23.9. The largest absolute Gasteiger partial charge is 0.356 e. The first-order chi connectivity index (χ1) is 18.5. The maximum absolute atomic E-state index is 3.84. The van der Waals surface area contributed by atoms with Gasteiger partial charge in [-0.25, -0.2) is 0 Å². The molecule has 1 aromatic heterocycles. The Bertz CT molecular complexity index is 1770. The molecule has 2 aliphatic heterocycles. The summed E-state index contributed by atoms with van der Waals surface area (Å²) in [6.07, 6.45) is 0. The molecule has 7 rings (SSSR count). The molecular formula is C35H35BN2S. The van der Waals surface area contributed by atoms with Gasteiger partial charge in [0.1, 0.15) is 0 Å². The van der Waals surface area contributed by atoms with E-state index in [0.29, 0.717) is 0 Å². The lowest BCUT2D eigenvalue weighted by Gasteiger charge is -2.40. The third-order valence-electron chi connectivity index (χ3n) is 8.40. The number of benzene rings is 4. The number of anilines is 5. The Morgan fingerprint density at radius 2 is 1.44 bits per heavy atom. The Morgan fingerprint density at radius 1 is 0.744 bits per heavy atom. The van der Waals surface area contributed by atoms with Crippen LogP contribution >= 0.6 is 11.3 Å². The van der Waals surface area contributed by atoms with Crippen molar-refractivity contribution in [3.8, 4) is 0 Å². The van der Waals surface area contributed by atoms with Crippen LogP contribution in [0.2, 0.25) is 0 Å². The van der Waals surface area contributed by atoms with Crippen LogP contribution in [-0.2, 0) is 10.8 Å². The lowest BCUT2D eigenvalue weighted by atomic mass is 9.36. The lowest BCUT2D eigenvalue weighted by Crippen LogP contribution is -2.59. The SMILES string of the molecule is Cc1cc2c3c(c1)N(c1ccc(C(C)(C)C)cc1)c1c(sc4ccccc14)B3c1cc(C(C)(C)C)ccc1N2. The van der Waals surface area contributed by atoms with Gasteiger partial charge in [-0.3, -0.25) is 0 Å². The summed E-state index contributed by atoms with van der Waals surface area (Å²) < 4.78 is 2.78. The van der Waals surface area contributed by atoms with Crippen molar-refractivity contribution >= 4 is 72.3 Å². The smallest absolute Gasteiger partial charge is 0.264 e. The van der Waals surface area contributed by atoms with Gasteiger partial charge >= 0.3 is 0 Å². The van der Waals surface area contributed by atoms with Crippen LogP contribution in [0.15, 0.2) is 78.9 Å². The molecule has 1 N–H and O–H groups in total. The van der Waals surface area contributed by atoms with E-state index in [2.05, 4.69) is 138 Å². The van der Waals surface area contributed by atoms with Gasteiger partial charge in [-0.1, -0.05) is 84.0 Å². The van der Waals surface area contributed by atoms with Crippen molar-refractivity contribution in [2.75, 3.05) is 10.2 Å². The number of rotatable bonds is 1. The van der Waals surface area contributed by atoms with E-state index in [4.69, 9.17) is 0 Å². The molecule has 0 saturated heterocycles. The van der Waals surface area contributed by atoms with Crippen molar-refractivity contribution in [2.24, 2.45) is 0 Å². The van der Waals surface area contributed by atoms with Crippen LogP contribution in [0.1, 0.15) is 58.2 Å². The summed E-state index contributed by atoms with van der Waals surface area (Å²) in [5, 5.41) is 5.17. The Labute approximate surface area is 236 Å². The number of hydrogen-bond donors (Lipinski definition) is 1. The number of nitrogens with zero attached hydrogens (tertiary/aromatic N) is 1. The molecule has 0 atom stereocenters. The summed E-state index contributed by atoms with van der Waals surface area (Å²) in [4.78, 5) is 2.53. The lowest BCUT2D eigenvalue weighted by molar-refractivity contribution is 0.590. The van der Waals surface area contributed by atoms with Gasteiger partial charge < -0.3 is 10.2 Å². The Hall–Kier alpha value is -3.50. The van der Waals surface area contributed by atoms with Crippen molar-refractivity contribution < 1.29 is 0 Å². The highest BCUT2D eigenvalue weighted by Crippen LogP contribution is 2.46. The first-order valence-electron chi connectivity index (χ1n) is 14.0. The van der Waals surface area contributed by atoms with Gasteiger partial charge in [-0.2, -0.15) is 0 Å². The van der Waals surface area contributed by atoms with Crippen molar-refractivity contribution in [2.45, 2.75) is 59.3 Å². The Kier molecular flexibility index (Phi) is 5.19. The third-order valence-corrected chi connectivity index (χ3v) is 9.63. The zero-order chi connectivity index (χ0) is 27.3. The van der Waals surface area contributed by atoms with Crippen LogP contribution in [0.3, 0.4) is 0 Å². The molecule has 0 fully saturated rings. The molecule has 3 heterocycles. The highest BCUT2D eigenvalue weighted by Gasteiger charge is 2.43. The summed E-state index contributed by atoms with van der Waals surface area (Å²) in [5.74, 6) is 0. The highest BCUT2D eigenvalue weighted by atomic mass is 32.1. The minimum absolute atomic E-state index is 0.0872. The normalized spacial score (nSPS) is 14.1. The van der Waals surface area contributed by atoms with Crippen molar-refractivity contribution in [1.29, 1.82) is 0 Å².